The van der Waals surface area contributed by atoms with Gasteiger partial charge in [-0.05, 0) is 44.7 Å². The Morgan fingerprint density at radius 3 is 2.26 bits per heavy atom. The molecule has 1 heterocycles. The van der Waals surface area contributed by atoms with Gasteiger partial charge in [-0.2, -0.15) is 0 Å². The molecule has 0 radical (unpaired) electrons. The Kier molecular flexibility index (Phi) is 2.55. The van der Waals surface area contributed by atoms with Gasteiger partial charge in [0, 0.05) is 11.5 Å². The van der Waals surface area contributed by atoms with E-state index in [4.69, 9.17) is 16.6 Å². The standard InChI is InChI=1S/C15H20N4/c1-8-6-9(2)12(10(3)7-8)13-14(16)19(17)15(18-13)11-4-5-11/h6-7,11H,4-5,16-17H2,1-3H3. The normalized spacial score (nSPS) is 14.9. The topological polar surface area (TPSA) is 69.9 Å². The fourth-order valence-corrected chi connectivity index (χ4v) is 2.83. The number of imidazole rings is 1. The molecule has 1 aliphatic rings. The van der Waals surface area contributed by atoms with Gasteiger partial charge in [-0.1, -0.05) is 17.7 Å². The summed E-state index contributed by atoms with van der Waals surface area (Å²) in [5.74, 6) is 8.02. The molecule has 2 aromatic rings. The van der Waals surface area contributed by atoms with Crippen LogP contribution in [0.3, 0.4) is 0 Å². The predicted molar refractivity (Wildman–Crippen MR) is 78.4 cm³/mol. The Hall–Kier alpha value is -1.97. The zero-order valence-electron chi connectivity index (χ0n) is 11.7. The lowest BCUT2D eigenvalue weighted by Crippen LogP contribution is -2.14. The van der Waals surface area contributed by atoms with Crippen LogP contribution >= 0.6 is 0 Å². The molecule has 0 saturated heterocycles. The van der Waals surface area contributed by atoms with Gasteiger partial charge >= 0.3 is 0 Å². The zero-order chi connectivity index (χ0) is 13.7. The minimum Gasteiger partial charge on any atom is -0.382 e. The predicted octanol–water partition coefficient (Wildman–Crippen LogP) is 2.65. The first-order valence-corrected chi connectivity index (χ1v) is 6.70. The fourth-order valence-electron chi connectivity index (χ4n) is 2.83. The van der Waals surface area contributed by atoms with Crippen LogP contribution in [0.1, 0.15) is 41.3 Å². The maximum atomic E-state index is 6.15. The van der Waals surface area contributed by atoms with Crippen LogP contribution in [-0.4, -0.2) is 9.66 Å². The maximum absolute atomic E-state index is 6.15. The number of aryl methyl sites for hydroxylation is 3. The van der Waals surface area contributed by atoms with Gasteiger partial charge in [-0.25, -0.2) is 9.66 Å². The Balaban J connectivity index is 2.20. The number of hydrogen-bond donors (Lipinski definition) is 2. The van der Waals surface area contributed by atoms with Crippen molar-refractivity contribution in [3.05, 3.63) is 34.6 Å². The molecule has 4 heteroatoms. The van der Waals surface area contributed by atoms with Crippen molar-refractivity contribution in [1.29, 1.82) is 0 Å². The molecular formula is C15H20N4. The van der Waals surface area contributed by atoms with Gasteiger partial charge in [0.25, 0.3) is 0 Å². The van der Waals surface area contributed by atoms with Crippen molar-refractivity contribution in [3.63, 3.8) is 0 Å². The van der Waals surface area contributed by atoms with E-state index in [9.17, 15) is 0 Å². The van der Waals surface area contributed by atoms with E-state index in [0.29, 0.717) is 11.7 Å². The Morgan fingerprint density at radius 2 is 1.74 bits per heavy atom. The highest BCUT2D eigenvalue weighted by molar-refractivity contribution is 5.77. The largest absolute Gasteiger partial charge is 0.382 e. The summed E-state index contributed by atoms with van der Waals surface area (Å²) in [4.78, 5) is 4.71. The van der Waals surface area contributed by atoms with E-state index >= 15 is 0 Å². The van der Waals surface area contributed by atoms with E-state index in [-0.39, 0.29) is 0 Å². The summed E-state index contributed by atoms with van der Waals surface area (Å²) in [5, 5.41) is 0. The number of nitrogens with two attached hydrogens (primary N) is 2. The molecule has 19 heavy (non-hydrogen) atoms. The summed E-state index contributed by atoms with van der Waals surface area (Å²) in [7, 11) is 0. The highest BCUT2D eigenvalue weighted by Crippen LogP contribution is 2.42. The molecular weight excluding hydrogens is 236 g/mol. The average Bonchev–Trinajstić information content (AvgIpc) is 3.10. The molecule has 0 aliphatic heterocycles. The van der Waals surface area contributed by atoms with E-state index in [1.165, 1.54) is 29.5 Å². The van der Waals surface area contributed by atoms with Crippen molar-refractivity contribution in [1.82, 2.24) is 9.66 Å². The number of nitrogen functional groups attached to an aromatic ring is 2. The second-order valence-corrected chi connectivity index (χ2v) is 5.62. The molecule has 0 atom stereocenters. The SMILES string of the molecule is Cc1cc(C)c(-c2nc(C3CC3)n(N)c2N)c(C)c1. The van der Waals surface area contributed by atoms with E-state index in [2.05, 4.69) is 32.9 Å². The van der Waals surface area contributed by atoms with Gasteiger partial charge in [0.2, 0.25) is 0 Å². The summed E-state index contributed by atoms with van der Waals surface area (Å²) in [6, 6.07) is 4.32. The van der Waals surface area contributed by atoms with E-state index < -0.39 is 0 Å². The quantitative estimate of drug-likeness (QED) is 0.811. The van der Waals surface area contributed by atoms with Crippen molar-refractivity contribution >= 4 is 5.82 Å². The highest BCUT2D eigenvalue weighted by Gasteiger charge is 2.31. The molecule has 1 fully saturated rings. The summed E-state index contributed by atoms with van der Waals surface area (Å²) < 4.78 is 1.56. The molecule has 1 saturated carbocycles. The van der Waals surface area contributed by atoms with Crippen molar-refractivity contribution in [2.75, 3.05) is 11.6 Å². The van der Waals surface area contributed by atoms with Crippen LogP contribution in [-0.2, 0) is 0 Å². The first-order valence-electron chi connectivity index (χ1n) is 6.70. The minimum atomic E-state index is 0.493. The lowest BCUT2D eigenvalue weighted by Gasteiger charge is -2.10. The van der Waals surface area contributed by atoms with Crippen molar-refractivity contribution in [3.8, 4) is 11.3 Å². The van der Waals surface area contributed by atoms with Crippen LogP contribution in [0, 0.1) is 20.8 Å². The second-order valence-electron chi connectivity index (χ2n) is 5.62. The molecule has 0 bridgehead atoms. The monoisotopic (exact) mass is 256 g/mol. The van der Waals surface area contributed by atoms with E-state index in [1.807, 2.05) is 0 Å². The van der Waals surface area contributed by atoms with Crippen molar-refractivity contribution in [2.45, 2.75) is 39.5 Å². The van der Waals surface area contributed by atoms with Gasteiger partial charge in [0.15, 0.2) is 5.82 Å². The smallest absolute Gasteiger partial charge is 0.150 e. The number of rotatable bonds is 2. The third-order valence-electron chi connectivity index (χ3n) is 3.83. The molecule has 0 unspecified atom stereocenters. The summed E-state index contributed by atoms with van der Waals surface area (Å²) >= 11 is 0. The lowest BCUT2D eigenvalue weighted by molar-refractivity contribution is 0.855. The number of nitrogens with zero attached hydrogens (tertiary/aromatic N) is 2. The summed E-state index contributed by atoms with van der Waals surface area (Å²) in [6.07, 6.45) is 2.33. The van der Waals surface area contributed by atoms with Crippen LogP contribution in [0.5, 0.6) is 0 Å². The van der Waals surface area contributed by atoms with Crippen molar-refractivity contribution < 1.29 is 0 Å². The highest BCUT2D eigenvalue weighted by atomic mass is 15.4. The molecule has 4 nitrogen and oxygen atoms in total. The van der Waals surface area contributed by atoms with Gasteiger partial charge in [0.1, 0.15) is 11.5 Å². The first-order chi connectivity index (χ1) is 8.99. The Labute approximate surface area is 113 Å². The van der Waals surface area contributed by atoms with Gasteiger partial charge in [-0.3, -0.25) is 0 Å². The van der Waals surface area contributed by atoms with Crippen LogP contribution in [0.2, 0.25) is 0 Å². The lowest BCUT2D eigenvalue weighted by atomic mass is 9.97. The molecule has 3 rings (SSSR count). The number of benzene rings is 1. The second kappa shape index (κ2) is 4.02. The fraction of sp³-hybridized carbons (Fsp3) is 0.400. The number of anilines is 1. The van der Waals surface area contributed by atoms with Crippen LogP contribution in [0.15, 0.2) is 12.1 Å². The van der Waals surface area contributed by atoms with Gasteiger partial charge in [-0.15, -0.1) is 0 Å². The number of hydrogen-bond acceptors (Lipinski definition) is 3. The van der Waals surface area contributed by atoms with Crippen LogP contribution in [0.25, 0.3) is 11.3 Å². The van der Waals surface area contributed by atoms with Crippen LogP contribution in [0.4, 0.5) is 5.82 Å². The molecule has 0 spiro atoms. The Bertz CT molecular complexity index is 627. The Morgan fingerprint density at radius 1 is 1.16 bits per heavy atom. The maximum Gasteiger partial charge on any atom is 0.150 e. The van der Waals surface area contributed by atoms with Gasteiger partial charge in [0.05, 0.1) is 0 Å². The van der Waals surface area contributed by atoms with Crippen LogP contribution < -0.4 is 11.6 Å². The third kappa shape index (κ3) is 1.87. The molecule has 1 aromatic heterocycles. The molecule has 100 valence electrons. The summed E-state index contributed by atoms with van der Waals surface area (Å²) in [6.45, 7) is 6.30. The van der Waals surface area contributed by atoms with Gasteiger partial charge < -0.3 is 11.6 Å². The number of aromatic nitrogens is 2. The molecule has 1 aromatic carbocycles. The molecule has 0 amide bonds. The molecule has 1 aliphatic carbocycles. The van der Waals surface area contributed by atoms with E-state index in [0.717, 1.165) is 17.1 Å². The average molecular weight is 256 g/mol. The first kappa shape index (κ1) is 12.1. The zero-order valence-corrected chi connectivity index (χ0v) is 11.7. The minimum absolute atomic E-state index is 0.493. The molecule has 4 N–H and O–H groups in total. The third-order valence-corrected chi connectivity index (χ3v) is 3.83. The van der Waals surface area contributed by atoms with Crippen molar-refractivity contribution in [2.24, 2.45) is 0 Å². The summed E-state index contributed by atoms with van der Waals surface area (Å²) in [5.41, 5.74) is 11.8. The van der Waals surface area contributed by atoms with E-state index in [1.54, 1.807) is 4.68 Å².